The van der Waals surface area contributed by atoms with Crippen LogP contribution in [0.15, 0.2) is 46.2 Å². The third-order valence-corrected chi connectivity index (χ3v) is 6.19. The average Bonchev–Trinajstić information content (AvgIpc) is 3.19. The lowest BCUT2D eigenvalue weighted by atomic mass is 9.90. The molecule has 1 amide bonds. The minimum absolute atomic E-state index is 0.0202. The highest BCUT2D eigenvalue weighted by molar-refractivity contribution is 6.04. The Morgan fingerprint density at radius 2 is 1.86 bits per heavy atom. The van der Waals surface area contributed by atoms with Crippen LogP contribution in [0.2, 0.25) is 0 Å². The van der Waals surface area contributed by atoms with Crippen LogP contribution in [0.4, 0.5) is 11.5 Å². The number of aromatic nitrogens is 4. The van der Waals surface area contributed by atoms with Crippen molar-refractivity contribution in [3.05, 3.63) is 58.3 Å². The third kappa shape index (κ3) is 4.79. The van der Waals surface area contributed by atoms with Gasteiger partial charge in [-0.15, -0.1) is 0 Å². The summed E-state index contributed by atoms with van der Waals surface area (Å²) in [5, 5.41) is 7.14. The van der Waals surface area contributed by atoms with Crippen LogP contribution in [-0.4, -0.2) is 43.9 Å². The molecule has 180 valence electrons. The van der Waals surface area contributed by atoms with Gasteiger partial charge in [0.1, 0.15) is 5.82 Å². The van der Waals surface area contributed by atoms with Gasteiger partial charge < -0.3 is 32.1 Å². The van der Waals surface area contributed by atoms with Crippen LogP contribution in [0, 0.1) is 6.92 Å². The molecule has 8 N–H and O–H groups in total. The smallest absolute Gasteiger partial charge is 0.323 e. The van der Waals surface area contributed by atoms with Crippen molar-refractivity contribution < 1.29 is 4.79 Å². The third-order valence-electron chi connectivity index (χ3n) is 6.19. The number of hydrogen-bond donors (Lipinski definition) is 6. The highest BCUT2D eigenvalue weighted by atomic mass is 16.2. The zero-order chi connectivity index (χ0) is 24.5. The van der Waals surface area contributed by atoms with Gasteiger partial charge in [0.2, 0.25) is 5.82 Å². The molecule has 5 rings (SSSR count). The number of imidazole rings is 1. The number of fused-ring (bicyclic) bond motifs is 2. The molecule has 2 aromatic heterocycles. The molecule has 0 bridgehead atoms. The van der Waals surface area contributed by atoms with E-state index < -0.39 is 5.91 Å². The molecule has 11 heteroatoms. The van der Waals surface area contributed by atoms with Crippen molar-refractivity contribution in [1.82, 2.24) is 19.9 Å². The number of nitrogens with two attached hydrogens (primary N) is 2. The zero-order valence-corrected chi connectivity index (χ0v) is 19.3. The summed E-state index contributed by atoms with van der Waals surface area (Å²) in [7, 11) is 0. The molecule has 35 heavy (non-hydrogen) atoms. The highest BCUT2D eigenvalue weighted by Gasteiger charge is 2.26. The van der Waals surface area contributed by atoms with Gasteiger partial charge in [-0.05, 0) is 50.1 Å². The molecular formula is C24H27N9O2. The molecule has 0 unspecified atom stereocenters. The Morgan fingerprint density at radius 3 is 2.69 bits per heavy atom. The fraction of sp³-hybridized carbons (Fsp3) is 0.292. The number of anilines is 2. The second kappa shape index (κ2) is 9.09. The summed E-state index contributed by atoms with van der Waals surface area (Å²) in [4.78, 5) is 43.5. The minimum Gasteiger partial charge on any atom is -0.370 e. The number of benzene rings is 2. The molecule has 0 spiro atoms. The van der Waals surface area contributed by atoms with Crippen molar-refractivity contribution in [2.24, 2.45) is 16.5 Å². The van der Waals surface area contributed by atoms with E-state index in [4.69, 9.17) is 11.5 Å². The van der Waals surface area contributed by atoms with E-state index in [0.29, 0.717) is 28.1 Å². The number of carbonyl (C=O) groups excluding carboxylic acids is 1. The maximum Gasteiger partial charge on any atom is 0.323 e. The van der Waals surface area contributed by atoms with E-state index in [9.17, 15) is 9.59 Å². The summed E-state index contributed by atoms with van der Waals surface area (Å²) < 4.78 is 0. The molecule has 2 aromatic carbocycles. The van der Waals surface area contributed by atoms with Crippen LogP contribution < -0.4 is 27.8 Å². The summed E-state index contributed by atoms with van der Waals surface area (Å²) >= 11 is 0. The molecule has 1 aliphatic carbocycles. The van der Waals surface area contributed by atoms with E-state index in [-0.39, 0.29) is 29.6 Å². The van der Waals surface area contributed by atoms with Crippen molar-refractivity contribution in [3.63, 3.8) is 0 Å². The summed E-state index contributed by atoms with van der Waals surface area (Å²) in [5.74, 6) is 0.197. The Labute approximate surface area is 200 Å². The van der Waals surface area contributed by atoms with E-state index in [1.807, 2.05) is 25.1 Å². The van der Waals surface area contributed by atoms with Crippen molar-refractivity contribution in [2.75, 3.05) is 10.6 Å². The first-order valence-corrected chi connectivity index (χ1v) is 11.5. The quantitative estimate of drug-likeness (QED) is 0.190. The van der Waals surface area contributed by atoms with E-state index in [0.717, 1.165) is 36.6 Å². The van der Waals surface area contributed by atoms with Gasteiger partial charge in [0.25, 0.3) is 5.91 Å². The van der Waals surface area contributed by atoms with E-state index in [2.05, 4.69) is 35.6 Å². The van der Waals surface area contributed by atoms with Crippen LogP contribution in [0.5, 0.6) is 0 Å². The van der Waals surface area contributed by atoms with Gasteiger partial charge in [-0.25, -0.2) is 19.8 Å². The predicted octanol–water partition coefficient (Wildman–Crippen LogP) is 2.36. The Kier molecular flexibility index (Phi) is 5.81. The number of carbonyl (C=O) groups is 1. The molecule has 2 heterocycles. The van der Waals surface area contributed by atoms with E-state index >= 15 is 0 Å². The number of amides is 1. The lowest BCUT2D eigenvalue weighted by Gasteiger charge is -2.30. The number of nitrogens with zero attached hydrogens (tertiary/aromatic N) is 3. The number of nitrogens with one attached hydrogen (secondary N) is 4. The van der Waals surface area contributed by atoms with Gasteiger partial charge in [0.05, 0.1) is 28.6 Å². The highest BCUT2D eigenvalue weighted by Crippen LogP contribution is 2.28. The molecule has 1 fully saturated rings. The first-order chi connectivity index (χ1) is 16.9. The van der Waals surface area contributed by atoms with Gasteiger partial charge in [-0.3, -0.25) is 4.79 Å². The largest absolute Gasteiger partial charge is 0.370 e. The number of H-pyrrole nitrogens is 2. The van der Waals surface area contributed by atoms with Crippen molar-refractivity contribution in [3.8, 4) is 0 Å². The van der Waals surface area contributed by atoms with Crippen LogP contribution in [0.3, 0.4) is 0 Å². The Bertz CT molecular complexity index is 1500. The summed E-state index contributed by atoms with van der Waals surface area (Å²) in [6, 6.07) is 10.8. The number of rotatable bonds is 5. The fourth-order valence-corrected chi connectivity index (χ4v) is 4.55. The zero-order valence-electron chi connectivity index (χ0n) is 19.3. The molecule has 1 aliphatic rings. The van der Waals surface area contributed by atoms with Crippen LogP contribution >= 0.6 is 0 Å². The van der Waals surface area contributed by atoms with Crippen molar-refractivity contribution in [2.45, 2.75) is 44.7 Å². The predicted molar refractivity (Wildman–Crippen MR) is 137 cm³/mol. The molecule has 4 aromatic rings. The van der Waals surface area contributed by atoms with Gasteiger partial charge in [-0.2, -0.15) is 0 Å². The Hall–Kier alpha value is -4.41. The van der Waals surface area contributed by atoms with Gasteiger partial charge in [0.15, 0.2) is 5.96 Å². The average molecular weight is 474 g/mol. The van der Waals surface area contributed by atoms with E-state index in [1.54, 1.807) is 18.2 Å². The molecule has 0 aliphatic heterocycles. The van der Waals surface area contributed by atoms with Crippen LogP contribution in [0.25, 0.3) is 21.9 Å². The van der Waals surface area contributed by atoms with Gasteiger partial charge >= 0.3 is 5.69 Å². The topological polar surface area (TPSA) is 180 Å². The normalized spacial score (nSPS) is 17.9. The first-order valence-electron chi connectivity index (χ1n) is 11.5. The van der Waals surface area contributed by atoms with Crippen LogP contribution in [-0.2, 0) is 0 Å². The molecule has 0 radical (unpaired) electrons. The Morgan fingerprint density at radius 1 is 1.06 bits per heavy atom. The summed E-state index contributed by atoms with van der Waals surface area (Å²) in [5.41, 5.74) is 14.5. The fourth-order valence-electron chi connectivity index (χ4n) is 4.55. The van der Waals surface area contributed by atoms with Crippen molar-refractivity contribution in [1.29, 1.82) is 0 Å². The lowest BCUT2D eigenvalue weighted by molar-refractivity contribution is 0.101. The number of aryl methyl sites for hydroxylation is 1. The number of aromatic amines is 2. The first kappa shape index (κ1) is 22.4. The summed E-state index contributed by atoms with van der Waals surface area (Å²) in [6.07, 6.45) is 3.85. The maximum absolute atomic E-state index is 13.1. The maximum atomic E-state index is 13.1. The molecule has 0 saturated heterocycles. The van der Waals surface area contributed by atoms with Crippen molar-refractivity contribution >= 4 is 45.3 Å². The van der Waals surface area contributed by atoms with E-state index in [1.165, 1.54) is 0 Å². The standard InChI is InChI=1S/C24H27N9O2/c1-12-6-8-15-14(10-12)20(29-16-4-2-3-5-17(16)30-23(25)26)33-21(28-15)22(34)27-13-7-9-18-19(11-13)32-24(35)31-18/h6-11,16-17H,2-5H2,1H3,(H,27,34)(H4,25,26,30)(H,28,29,33)(H2,31,32,35)/t16-,17+/m0/s1. The van der Waals surface area contributed by atoms with Gasteiger partial charge in [-0.1, -0.05) is 24.5 Å². The van der Waals surface area contributed by atoms with Gasteiger partial charge in [0, 0.05) is 11.1 Å². The number of aliphatic imine (C=N–C) groups is 1. The summed E-state index contributed by atoms with van der Waals surface area (Å²) in [6.45, 7) is 1.99. The number of hydrogen-bond acceptors (Lipinski definition) is 6. The molecule has 2 atom stereocenters. The second-order valence-electron chi connectivity index (χ2n) is 8.87. The molecular weight excluding hydrogens is 446 g/mol. The SMILES string of the molecule is Cc1ccc2nc(C(=O)Nc3ccc4[nH]c(=O)[nH]c4c3)nc(N[C@H]3CCCC[C@H]3N=C(N)N)c2c1. The lowest BCUT2D eigenvalue weighted by Crippen LogP contribution is -2.38. The molecule has 1 saturated carbocycles. The number of guanidine groups is 1. The van der Waals surface area contributed by atoms with Crippen LogP contribution in [0.1, 0.15) is 41.9 Å². The monoisotopic (exact) mass is 473 g/mol. The molecule has 11 nitrogen and oxygen atoms in total. The Balaban J connectivity index is 1.48. The minimum atomic E-state index is -0.461. The second-order valence-corrected chi connectivity index (χ2v) is 8.87.